The van der Waals surface area contributed by atoms with Crippen LogP contribution < -0.4 is 20.7 Å². The standard InChI is InChI=1S/C32H30F5N5O4S/c1-45-15-12-38-10-7-29(43)42-13-8-19(9-14-42)28-18-25-30(47-28)27(6-11-39-25)46-26-5-3-21(17-23(26)34)40-31(44)41-24-16-20(32(35,36)37)2-4-22(24)33/h2-6,8,11,16-18,38H,7,9-10,12-15H2,1H3,(H2,40,41,44). The Morgan fingerprint density at radius 2 is 1.83 bits per heavy atom. The number of alkyl halides is 3. The normalized spacial score (nSPS) is 13.4. The van der Waals surface area contributed by atoms with Crippen LogP contribution in [0.5, 0.6) is 11.5 Å². The van der Waals surface area contributed by atoms with Crippen molar-refractivity contribution in [2.75, 3.05) is 50.5 Å². The van der Waals surface area contributed by atoms with Crippen LogP contribution in [0.3, 0.4) is 0 Å². The van der Waals surface area contributed by atoms with E-state index in [1.54, 1.807) is 13.2 Å². The molecule has 1 aliphatic heterocycles. The predicted molar refractivity (Wildman–Crippen MR) is 169 cm³/mol. The van der Waals surface area contributed by atoms with E-state index in [-0.39, 0.29) is 17.3 Å². The van der Waals surface area contributed by atoms with Gasteiger partial charge in [-0.05, 0) is 48.4 Å². The Kier molecular flexibility index (Phi) is 10.7. The average Bonchev–Trinajstić information content (AvgIpc) is 3.48. The van der Waals surface area contributed by atoms with E-state index in [1.165, 1.54) is 29.7 Å². The van der Waals surface area contributed by atoms with Gasteiger partial charge in [0.2, 0.25) is 5.91 Å². The van der Waals surface area contributed by atoms with E-state index in [1.807, 2.05) is 22.4 Å². The maximum atomic E-state index is 15.0. The first-order valence-electron chi connectivity index (χ1n) is 14.5. The molecule has 9 nitrogen and oxygen atoms in total. The van der Waals surface area contributed by atoms with Crippen molar-refractivity contribution in [2.45, 2.75) is 19.0 Å². The average molecular weight is 676 g/mol. The molecule has 0 aliphatic carbocycles. The lowest BCUT2D eigenvalue weighted by atomic mass is 10.1. The first kappa shape index (κ1) is 33.8. The van der Waals surface area contributed by atoms with E-state index in [4.69, 9.17) is 9.47 Å². The van der Waals surface area contributed by atoms with Gasteiger partial charge in [-0.25, -0.2) is 13.6 Å². The Labute approximate surface area is 270 Å². The summed E-state index contributed by atoms with van der Waals surface area (Å²) in [5, 5.41) is 7.44. The number of pyridine rings is 1. The van der Waals surface area contributed by atoms with Crippen LogP contribution in [0.2, 0.25) is 0 Å². The summed E-state index contributed by atoms with van der Waals surface area (Å²) in [6.45, 7) is 2.94. The van der Waals surface area contributed by atoms with Crippen LogP contribution in [0.15, 0.2) is 60.8 Å². The van der Waals surface area contributed by atoms with Crippen LogP contribution in [-0.4, -0.2) is 61.7 Å². The summed E-state index contributed by atoms with van der Waals surface area (Å²) in [6.07, 6.45) is -0.100. The largest absolute Gasteiger partial charge is 0.453 e. The topological polar surface area (TPSA) is 105 Å². The zero-order chi connectivity index (χ0) is 33.6. The van der Waals surface area contributed by atoms with Crippen LogP contribution >= 0.6 is 11.3 Å². The molecule has 0 saturated carbocycles. The summed E-state index contributed by atoms with van der Waals surface area (Å²) < 4.78 is 79.5. The second-order valence-electron chi connectivity index (χ2n) is 10.5. The molecule has 0 spiro atoms. The molecule has 5 rings (SSSR count). The molecule has 15 heteroatoms. The molecule has 1 aliphatic rings. The molecular weight excluding hydrogens is 645 g/mol. The van der Waals surface area contributed by atoms with Crippen LogP contribution in [0.1, 0.15) is 23.3 Å². The number of amides is 3. The van der Waals surface area contributed by atoms with Gasteiger partial charge in [-0.2, -0.15) is 13.2 Å². The summed E-state index contributed by atoms with van der Waals surface area (Å²) in [7, 11) is 1.62. The summed E-state index contributed by atoms with van der Waals surface area (Å²) >= 11 is 1.43. The highest BCUT2D eigenvalue weighted by Crippen LogP contribution is 2.39. The summed E-state index contributed by atoms with van der Waals surface area (Å²) in [4.78, 5) is 32.1. The SMILES string of the molecule is COCCNCCC(=O)N1CC=C(c2cc3nccc(Oc4ccc(NC(=O)Nc5cc(C(F)(F)F)ccc5F)cc4F)c3s2)CC1. The van der Waals surface area contributed by atoms with Crippen molar-refractivity contribution in [1.29, 1.82) is 0 Å². The van der Waals surface area contributed by atoms with E-state index < -0.39 is 35.1 Å². The maximum absolute atomic E-state index is 15.0. The van der Waals surface area contributed by atoms with Crippen LogP contribution in [-0.2, 0) is 15.7 Å². The van der Waals surface area contributed by atoms with Gasteiger partial charge in [-0.15, -0.1) is 11.3 Å². The van der Waals surface area contributed by atoms with Crippen LogP contribution in [0.25, 0.3) is 15.8 Å². The van der Waals surface area contributed by atoms with Crippen LogP contribution in [0, 0.1) is 11.6 Å². The van der Waals surface area contributed by atoms with Crippen molar-refractivity contribution < 1.29 is 41.0 Å². The van der Waals surface area contributed by atoms with Crippen molar-refractivity contribution in [3.8, 4) is 11.5 Å². The highest BCUT2D eigenvalue weighted by Gasteiger charge is 2.31. The van der Waals surface area contributed by atoms with E-state index in [2.05, 4.69) is 15.6 Å². The minimum Gasteiger partial charge on any atom is -0.453 e. The lowest BCUT2D eigenvalue weighted by molar-refractivity contribution is -0.137. The lowest BCUT2D eigenvalue weighted by Gasteiger charge is -2.26. The number of rotatable bonds is 11. The number of halogens is 5. The minimum atomic E-state index is -4.73. The van der Waals surface area contributed by atoms with Gasteiger partial charge in [0.25, 0.3) is 0 Å². The van der Waals surface area contributed by atoms with Gasteiger partial charge in [-0.3, -0.25) is 9.78 Å². The molecule has 3 amide bonds. The van der Waals surface area contributed by atoms with Crippen LogP contribution in [0.4, 0.5) is 38.1 Å². The number of aromatic nitrogens is 1. The third kappa shape index (κ3) is 8.61. The maximum Gasteiger partial charge on any atom is 0.416 e. The zero-order valence-electron chi connectivity index (χ0n) is 25.0. The number of benzene rings is 2. The van der Waals surface area contributed by atoms with E-state index >= 15 is 4.39 Å². The number of hydrogen-bond acceptors (Lipinski definition) is 7. The van der Waals surface area contributed by atoms with Gasteiger partial charge in [-0.1, -0.05) is 6.08 Å². The lowest BCUT2D eigenvalue weighted by Crippen LogP contribution is -2.36. The molecule has 3 N–H and O–H groups in total. The van der Waals surface area contributed by atoms with Crippen molar-refractivity contribution in [1.82, 2.24) is 15.2 Å². The fraction of sp³-hybridized carbons (Fsp3) is 0.281. The van der Waals surface area contributed by atoms with E-state index in [0.717, 1.165) is 16.5 Å². The Morgan fingerprint density at radius 1 is 1.00 bits per heavy atom. The number of thiophene rings is 1. The Balaban J connectivity index is 1.22. The molecule has 0 bridgehead atoms. The molecule has 0 radical (unpaired) electrons. The molecule has 0 fully saturated rings. The number of anilines is 2. The molecule has 3 heterocycles. The number of nitrogens with one attached hydrogen (secondary N) is 3. The van der Waals surface area contributed by atoms with E-state index in [9.17, 15) is 27.2 Å². The van der Waals surface area contributed by atoms with Crippen molar-refractivity contribution in [3.05, 3.63) is 82.9 Å². The molecular formula is C32H30F5N5O4S. The van der Waals surface area contributed by atoms with E-state index in [0.29, 0.717) is 79.8 Å². The highest BCUT2D eigenvalue weighted by molar-refractivity contribution is 7.20. The molecule has 4 aromatic rings. The summed E-state index contributed by atoms with van der Waals surface area (Å²) in [5.41, 5.74) is -0.145. The van der Waals surface area contributed by atoms with Crippen molar-refractivity contribution >= 4 is 50.4 Å². The number of carbonyl (C=O) groups excluding carboxylic acids is 2. The second kappa shape index (κ2) is 14.9. The number of nitrogens with zero attached hydrogens (tertiary/aromatic N) is 2. The molecule has 248 valence electrons. The van der Waals surface area contributed by atoms with Gasteiger partial charge < -0.3 is 30.3 Å². The van der Waals surface area contributed by atoms with Gasteiger partial charge >= 0.3 is 12.2 Å². The number of hydrogen-bond donors (Lipinski definition) is 3. The summed E-state index contributed by atoms with van der Waals surface area (Å²) in [6, 6.07) is 7.62. The number of ether oxygens (including phenoxy) is 2. The number of fused-ring (bicyclic) bond motifs is 1. The van der Waals surface area contributed by atoms with Crippen molar-refractivity contribution in [2.24, 2.45) is 0 Å². The molecule has 0 unspecified atom stereocenters. The van der Waals surface area contributed by atoms with Crippen molar-refractivity contribution in [3.63, 3.8) is 0 Å². The molecule has 2 aromatic carbocycles. The molecule has 0 atom stereocenters. The highest BCUT2D eigenvalue weighted by atomic mass is 32.1. The molecule has 0 saturated heterocycles. The Morgan fingerprint density at radius 3 is 2.55 bits per heavy atom. The summed E-state index contributed by atoms with van der Waals surface area (Å²) in [5.74, 6) is -1.61. The van der Waals surface area contributed by atoms with Gasteiger partial charge in [0, 0.05) is 68.6 Å². The zero-order valence-corrected chi connectivity index (χ0v) is 25.9. The number of urea groups is 1. The third-order valence-corrected chi connectivity index (χ3v) is 8.42. The predicted octanol–water partition coefficient (Wildman–Crippen LogP) is 7.27. The number of carbonyl (C=O) groups is 2. The quantitative estimate of drug-likeness (QED) is 0.114. The monoisotopic (exact) mass is 675 g/mol. The molecule has 47 heavy (non-hydrogen) atoms. The fourth-order valence-electron chi connectivity index (χ4n) is 4.79. The number of methoxy groups -OCH3 is 1. The minimum absolute atomic E-state index is 0.0443. The fourth-order valence-corrected chi connectivity index (χ4v) is 5.92. The molecule has 2 aromatic heterocycles. The first-order chi connectivity index (χ1) is 22.5. The third-order valence-electron chi connectivity index (χ3n) is 7.20. The Bertz CT molecular complexity index is 1800. The van der Waals surface area contributed by atoms with Gasteiger partial charge in [0.1, 0.15) is 11.6 Å². The van der Waals surface area contributed by atoms with Gasteiger partial charge in [0.15, 0.2) is 11.6 Å². The Hall–Kier alpha value is -4.60. The second-order valence-corrected chi connectivity index (χ2v) is 11.5. The first-order valence-corrected chi connectivity index (χ1v) is 15.3. The van der Waals surface area contributed by atoms with Gasteiger partial charge in [0.05, 0.1) is 28.1 Å². The smallest absolute Gasteiger partial charge is 0.416 e.